The number of nitrogens with one attached hydrogen (secondary N) is 1. The number of unbranched alkanes of at least 4 members (excludes halogenated alkanes) is 1. The third-order valence-corrected chi connectivity index (χ3v) is 2.61. The molecule has 0 atom stereocenters. The molecule has 1 amide bonds. The first-order valence-corrected chi connectivity index (χ1v) is 6.11. The first-order valence-electron chi connectivity index (χ1n) is 6.11. The van der Waals surface area contributed by atoms with Crippen molar-refractivity contribution in [1.82, 2.24) is 5.32 Å². The van der Waals surface area contributed by atoms with E-state index < -0.39 is 0 Å². The van der Waals surface area contributed by atoms with Crippen LogP contribution in [0, 0.1) is 0 Å². The van der Waals surface area contributed by atoms with Crippen molar-refractivity contribution in [2.45, 2.75) is 33.1 Å². The second kappa shape index (κ2) is 6.84. The maximum Gasteiger partial charge on any atom is 0.252 e. The molecule has 1 aromatic rings. The number of carbonyl (C=O) groups excluding carboxylic acids is 2. The van der Waals surface area contributed by atoms with E-state index in [0.717, 1.165) is 12.8 Å². The summed E-state index contributed by atoms with van der Waals surface area (Å²) in [5.74, 6) is -0.151. The Morgan fingerprint density at radius 1 is 1.12 bits per heavy atom. The molecule has 1 aromatic carbocycles. The lowest BCUT2D eigenvalue weighted by atomic mass is 10.0. The van der Waals surface area contributed by atoms with Gasteiger partial charge in [0.1, 0.15) is 0 Å². The standard InChI is InChI=1S/C14H19NO2/c1-3-5-10-15-14(17)12-9-7-6-8-11(12)13(16)4-2/h6-9H,3-5,10H2,1-2H3,(H,15,17). The van der Waals surface area contributed by atoms with Gasteiger partial charge >= 0.3 is 0 Å². The number of carbonyl (C=O) groups is 2. The van der Waals surface area contributed by atoms with Crippen LogP contribution in [0.2, 0.25) is 0 Å². The highest BCUT2D eigenvalue weighted by Crippen LogP contribution is 2.11. The van der Waals surface area contributed by atoms with Crippen LogP contribution in [0.5, 0.6) is 0 Å². The quantitative estimate of drug-likeness (QED) is 0.606. The van der Waals surface area contributed by atoms with Crippen LogP contribution in [0.3, 0.4) is 0 Å². The summed E-state index contributed by atoms with van der Waals surface area (Å²) in [7, 11) is 0. The fraction of sp³-hybridized carbons (Fsp3) is 0.429. The highest BCUT2D eigenvalue weighted by atomic mass is 16.2. The maximum absolute atomic E-state index is 11.9. The molecule has 0 saturated carbocycles. The Balaban J connectivity index is 2.82. The molecule has 0 unspecified atom stereocenters. The van der Waals surface area contributed by atoms with E-state index in [2.05, 4.69) is 12.2 Å². The summed E-state index contributed by atoms with van der Waals surface area (Å²) >= 11 is 0. The van der Waals surface area contributed by atoms with Gasteiger partial charge in [-0.15, -0.1) is 0 Å². The highest BCUT2D eigenvalue weighted by molar-refractivity contribution is 6.07. The van der Waals surface area contributed by atoms with Crippen molar-refractivity contribution in [3.05, 3.63) is 35.4 Å². The van der Waals surface area contributed by atoms with Gasteiger partial charge in [0.25, 0.3) is 5.91 Å². The van der Waals surface area contributed by atoms with Crippen LogP contribution >= 0.6 is 0 Å². The summed E-state index contributed by atoms with van der Waals surface area (Å²) in [6.45, 7) is 4.53. The van der Waals surface area contributed by atoms with Crippen molar-refractivity contribution in [2.75, 3.05) is 6.54 Å². The molecule has 3 heteroatoms. The van der Waals surface area contributed by atoms with Gasteiger partial charge in [-0.3, -0.25) is 9.59 Å². The number of hydrogen-bond donors (Lipinski definition) is 1. The molecule has 1 N–H and O–H groups in total. The smallest absolute Gasteiger partial charge is 0.252 e. The van der Waals surface area contributed by atoms with E-state index in [0.29, 0.717) is 24.1 Å². The lowest BCUT2D eigenvalue weighted by Crippen LogP contribution is -2.26. The predicted octanol–water partition coefficient (Wildman–Crippen LogP) is 2.81. The minimum Gasteiger partial charge on any atom is -0.352 e. The zero-order valence-corrected chi connectivity index (χ0v) is 10.5. The molecule has 0 spiro atoms. The third-order valence-electron chi connectivity index (χ3n) is 2.61. The second-order valence-corrected chi connectivity index (χ2v) is 3.93. The molecular formula is C14H19NO2. The largest absolute Gasteiger partial charge is 0.352 e. The number of amides is 1. The van der Waals surface area contributed by atoms with Gasteiger partial charge in [-0.05, 0) is 12.5 Å². The van der Waals surface area contributed by atoms with E-state index in [1.807, 2.05) is 0 Å². The summed E-state index contributed by atoms with van der Waals surface area (Å²) in [4.78, 5) is 23.6. The van der Waals surface area contributed by atoms with Crippen LogP contribution in [0.4, 0.5) is 0 Å². The van der Waals surface area contributed by atoms with Gasteiger partial charge in [0.05, 0.1) is 5.56 Å². The van der Waals surface area contributed by atoms with Crippen LogP contribution in [0.25, 0.3) is 0 Å². The number of hydrogen-bond acceptors (Lipinski definition) is 2. The van der Waals surface area contributed by atoms with Crippen molar-refractivity contribution in [1.29, 1.82) is 0 Å². The van der Waals surface area contributed by atoms with E-state index in [1.54, 1.807) is 31.2 Å². The summed E-state index contributed by atoms with van der Waals surface area (Å²) in [5.41, 5.74) is 0.999. The molecule has 0 saturated heterocycles. The number of benzene rings is 1. The Morgan fingerprint density at radius 2 is 1.76 bits per heavy atom. The molecule has 0 heterocycles. The predicted molar refractivity (Wildman–Crippen MR) is 68.3 cm³/mol. The van der Waals surface area contributed by atoms with Crippen LogP contribution in [-0.4, -0.2) is 18.2 Å². The molecule has 0 aromatic heterocycles. The Morgan fingerprint density at radius 3 is 2.35 bits per heavy atom. The molecular weight excluding hydrogens is 214 g/mol. The third kappa shape index (κ3) is 3.70. The molecule has 92 valence electrons. The summed E-state index contributed by atoms with van der Waals surface area (Å²) < 4.78 is 0. The van der Waals surface area contributed by atoms with Gasteiger partial charge in [0, 0.05) is 18.5 Å². The van der Waals surface area contributed by atoms with Crippen molar-refractivity contribution >= 4 is 11.7 Å². The molecule has 17 heavy (non-hydrogen) atoms. The summed E-state index contributed by atoms with van der Waals surface area (Å²) in [6.07, 6.45) is 2.41. The monoisotopic (exact) mass is 233 g/mol. The zero-order chi connectivity index (χ0) is 12.7. The van der Waals surface area contributed by atoms with Gasteiger partial charge in [-0.25, -0.2) is 0 Å². The molecule has 1 rings (SSSR count). The van der Waals surface area contributed by atoms with Crippen LogP contribution in [0.1, 0.15) is 53.8 Å². The van der Waals surface area contributed by atoms with Gasteiger partial charge in [-0.1, -0.05) is 38.5 Å². The molecule has 0 fully saturated rings. The number of Topliss-reactive ketones (excluding diaryl/α,β-unsaturated/α-hetero) is 1. The normalized spacial score (nSPS) is 10.0. The van der Waals surface area contributed by atoms with Crippen molar-refractivity contribution in [3.63, 3.8) is 0 Å². The number of ketones is 1. The van der Waals surface area contributed by atoms with Crippen LogP contribution in [0.15, 0.2) is 24.3 Å². The van der Waals surface area contributed by atoms with E-state index >= 15 is 0 Å². The maximum atomic E-state index is 11.9. The fourth-order valence-corrected chi connectivity index (χ4v) is 1.59. The Kier molecular flexibility index (Phi) is 5.40. The Bertz CT molecular complexity index is 399. The van der Waals surface area contributed by atoms with E-state index in [-0.39, 0.29) is 11.7 Å². The van der Waals surface area contributed by atoms with Gasteiger partial charge in [0.2, 0.25) is 0 Å². The van der Waals surface area contributed by atoms with Gasteiger partial charge < -0.3 is 5.32 Å². The van der Waals surface area contributed by atoms with Crippen molar-refractivity contribution in [2.24, 2.45) is 0 Å². The molecule has 0 bridgehead atoms. The van der Waals surface area contributed by atoms with Crippen LogP contribution in [-0.2, 0) is 0 Å². The minimum atomic E-state index is -0.157. The average Bonchev–Trinajstić information content (AvgIpc) is 2.38. The fourth-order valence-electron chi connectivity index (χ4n) is 1.59. The first-order chi connectivity index (χ1) is 8.20. The van der Waals surface area contributed by atoms with Gasteiger partial charge in [0.15, 0.2) is 5.78 Å². The Hall–Kier alpha value is -1.64. The van der Waals surface area contributed by atoms with Crippen LogP contribution < -0.4 is 5.32 Å². The molecule has 0 aliphatic heterocycles. The lowest BCUT2D eigenvalue weighted by Gasteiger charge is -2.08. The molecule has 0 aliphatic rings. The minimum absolute atomic E-state index is 0.00578. The highest BCUT2D eigenvalue weighted by Gasteiger charge is 2.14. The Labute approximate surface area is 102 Å². The van der Waals surface area contributed by atoms with E-state index in [9.17, 15) is 9.59 Å². The molecule has 0 radical (unpaired) electrons. The number of rotatable bonds is 6. The van der Waals surface area contributed by atoms with Crippen molar-refractivity contribution in [3.8, 4) is 0 Å². The first kappa shape index (κ1) is 13.4. The summed E-state index contributed by atoms with van der Waals surface area (Å²) in [5, 5.41) is 2.83. The van der Waals surface area contributed by atoms with Gasteiger partial charge in [-0.2, -0.15) is 0 Å². The zero-order valence-electron chi connectivity index (χ0n) is 10.5. The molecule has 0 aliphatic carbocycles. The lowest BCUT2D eigenvalue weighted by molar-refractivity contribution is 0.0933. The van der Waals surface area contributed by atoms with E-state index in [1.165, 1.54) is 0 Å². The van der Waals surface area contributed by atoms with E-state index in [4.69, 9.17) is 0 Å². The molecule has 3 nitrogen and oxygen atoms in total. The topological polar surface area (TPSA) is 46.2 Å². The average molecular weight is 233 g/mol. The second-order valence-electron chi connectivity index (χ2n) is 3.93. The SMILES string of the molecule is CCCCNC(=O)c1ccccc1C(=O)CC. The summed E-state index contributed by atoms with van der Waals surface area (Å²) in [6, 6.07) is 6.97. The van der Waals surface area contributed by atoms with Crippen molar-refractivity contribution < 1.29 is 9.59 Å².